The Kier molecular flexibility index (Phi) is 11.2. The van der Waals surface area contributed by atoms with E-state index < -0.39 is 36.6 Å². The molecule has 0 fully saturated rings. The minimum absolute atomic E-state index is 0.182. The molecular weight excluding hydrogens is 632 g/mol. The smallest absolute Gasteiger partial charge is 0.419 e. The van der Waals surface area contributed by atoms with Crippen LogP contribution in [0.15, 0.2) is 134 Å². The first-order valence-electron chi connectivity index (χ1n) is 16.4. The van der Waals surface area contributed by atoms with Crippen LogP contribution in [0.4, 0.5) is 0 Å². The molecule has 6 rings (SSSR count). The number of carbonyl (C=O) groups excluding carboxylic acids is 2. The van der Waals surface area contributed by atoms with Crippen molar-refractivity contribution in [3.63, 3.8) is 0 Å². The average Bonchev–Trinajstić information content (AvgIpc) is 3.17. The second kappa shape index (κ2) is 16.5. The van der Waals surface area contributed by atoms with Crippen molar-refractivity contribution in [2.75, 3.05) is 14.1 Å². The Morgan fingerprint density at radius 1 is 0.560 bits per heavy atom. The third kappa shape index (κ3) is 8.41. The first kappa shape index (κ1) is 34.0. The zero-order valence-corrected chi connectivity index (χ0v) is 27.8. The topological polar surface area (TPSA) is 121 Å². The molecule has 0 amide bonds. The SMILES string of the molecule is CNC(CC(Oc1cccc2ccccc12)c1cccnc1)OC(=O)C(=O)OC(CC(Oc1cccc2ccccc12)c1cccnc1)NC. The normalized spacial score (nSPS) is 13.6. The van der Waals surface area contributed by atoms with Crippen LogP contribution in [0.1, 0.15) is 36.2 Å². The van der Waals surface area contributed by atoms with E-state index in [0.29, 0.717) is 11.5 Å². The molecule has 0 aliphatic rings. The second-order valence-corrected chi connectivity index (χ2v) is 11.6. The van der Waals surface area contributed by atoms with Crippen molar-refractivity contribution in [2.45, 2.75) is 37.5 Å². The summed E-state index contributed by atoms with van der Waals surface area (Å²) in [4.78, 5) is 34.8. The molecule has 0 saturated carbocycles. The predicted octanol–water partition coefficient (Wildman–Crippen LogP) is 6.68. The number of pyridine rings is 2. The quantitative estimate of drug-likeness (QED) is 0.0738. The van der Waals surface area contributed by atoms with E-state index >= 15 is 0 Å². The Hall–Kier alpha value is -5.84. The van der Waals surface area contributed by atoms with Gasteiger partial charge in [-0.3, -0.25) is 20.6 Å². The van der Waals surface area contributed by atoms with Gasteiger partial charge in [-0.25, -0.2) is 9.59 Å². The number of benzene rings is 4. The zero-order valence-electron chi connectivity index (χ0n) is 27.8. The number of rotatable bonds is 14. The molecule has 0 aliphatic heterocycles. The molecule has 10 heteroatoms. The second-order valence-electron chi connectivity index (χ2n) is 11.6. The summed E-state index contributed by atoms with van der Waals surface area (Å²) in [7, 11) is 3.28. The maximum absolute atomic E-state index is 13.1. The number of ether oxygens (including phenoxy) is 4. The number of hydrogen-bond acceptors (Lipinski definition) is 10. The Bertz CT molecular complexity index is 1870. The van der Waals surface area contributed by atoms with Gasteiger partial charge in [0.1, 0.15) is 23.7 Å². The van der Waals surface area contributed by atoms with Gasteiger partial charge in [0.2, 0.25) is 0 Å². The highest BCUT2D eigenvalue weighted by atomic mass is 16.6. The molecule has 4 aromatic carbocycles. The lowest BCUT2D eigenvalue weighted by atomic mass is 10.1. The van der Waals surface area contributed by atoms with Crippen LogP contribution < -0.4 is 20.1 Å². The van der Waals surface area contributed by atoms with Gasteiger partial charge in [-0.15, -0.1) is 0 Å². The molecule has 2 heterocycles. The van der Waals surface area contributed by atoms with Gasteiger partial charge in [0.05, 0.1) is 0 Å². The summed E-state index contributed by atoms with van der Waals surface area (Å²) in [6.07, 6.45) is 4.22. The van der Waals surface area contributed by atoms with Crippen LogP contribution in [0.3, 0.4) is 0 Å². The summed E-state index contributed by atoms with van der Waals surface area (Å²) >= 11 is 0. The Balaban J connectivity index is 1.14. The molecule has 254 valence electrons. The summed E-state index contributed by atoms with van der Waals surface area (Å²) in [5.41, 5.74) is 1.56. The molecule has 50 heavy (non-hydrogen) atoms. The monoisotopic (exact) mass is 670 g/mol. The van der Waals surface area contributed by atoms with Crippen molar-refractivity contribution < 1.29 is 28.5 Å². The first-order valence-corrected chi connectivity index (χ1v) is 16.4. The average molecular weight is 671 g/mol. The molecule has 10 nitrogen and oxygen atoms in total. The van der Waals surface area contributed by atoms with Crippen molar-refractivity contribution >= 4 is 33.5 Å². The zero-order chi connectivity index (χ0) is 34.7. The number of carbonyl (C=O) groups is 2. The van der Waals surface area contributed by atoms with Crippen LogP contribution in [0.25, 0.3) is 21.5 Å². The number of nitrogens with zero attached hydrogens (tertiary/aromatic N) is 2. The van der Waals surface area contributed by atoms with E-state index in [1.807, 2.05) is 109 Å². The van der Waals surface area contributed by atoms with Crippen LogP contribution in [-0.2, 0) is 19.1 Å². The van der Waals surface area contributed by atoms with Crippen molar-refractivity contribution in [1.29, 1.82) is 0 Å². The molecule has 6 aromatic rings. The van der Waals surface area contributed by atoms with E-state index in [1.54, 1.807) is 38.9 Å². The lowest BCUT2D eigenvalue weighted by Crippen LogP contribution is -2.40. The maximum Gasteiger partial charge on any atom is 0.419 e. The van der Waals surface area contributed by atoms with Crippen LogP contribution in [0, 0.1) is 0 Å². The summed E-state index contributed by atoms with van der Waals surface area (Å²) < 4.78 is 24.3. The van der Waals surface area contributed by atoms with Gasteiger partial charge in [-0.1, -0.05) is 84.9 Å². The highest BCUT2D eigenvalue weighted by Crippen LogP contribution is 2.33. The van der Waals surface area contributed by atoms with E-state index in [9.17, 15) is 9.59 Å². The number of aromatic nitrogens is 2. The number of hydrogen-bond donors (Lipinski definition) is 2. The van der Waals surface area contributed by atoms with Gasteiger partial charge in [0.15, 0.2) is 12.5 Å². The number of fused-ring (bicyclic) bond motifs is 2. The molecule has 0 aliphatic carbocycles. The van der Waals surface area contributed by atoms with Crippen molar-refractivity contribution in [3.8, 4) is 11.5 Å². The summed E-state index contributed by atoms with van der Waals surface area (Å²) in [5.74, 6) is -0.952. The standard InChI is InChI=1S/C40H38N4O6/c1-41-37(23-35(29-15-9-21-43-25-29)47-33-19-7-13-27-11-3-5-17-31(27)33)49-39(45)40(46)50-38(42-2)24-36(30-16-10-22-44-26-30)48-34-20-8-14-28-12-4-6-18-32(28)34/h3-22,25-26,35-38,41-42H,23-24H2,1-2H3. The molecular formula is C40H38N4O6. The Morgan fingerprint density at radius 2 is 0.980 bits per heavy atom. The number of nitrogens with one attached hydrogen (secondary N) is 2. The molecule has 0 bridgehead atoms. The molecule has 0 saturated heterocycles. The molecule has 0 radical (unpaired) electrons. The third-order valence-corrected chi connectivity index (χ3v) is 8.32. The Morgan fingerprint density at radius 3 is 1.38 bits per heavy atom. The molecule has 2 aromatic heterocycles. The summed E-state index contributed by atoms with van der Waals surface area (Å²) in [6.45, 7) is 0. The van der Waals surface area contributed by atoms with E-state index in [1.165, 1.54) is 0 Å². The maximum atomic E-state index is 13.1. The van der Waals surface area contributed by atoms with Gasteiger partial charge in [0, 0.05) is 59.5 Å². The van der Waals surface area contributed by atoms with Crippen LogP contribution in [0.5, 0.6) is 11.5 Å². The van der Waals surface area contributed by atoms with Gasteiger partial charge >= 0.3 is 11.9 Å². The van der Waals surface area contributed by atoms with Gasteiger partial charge in [-0.05, 0) is 49.1 Å². The fourth-order valence-electron chi connectivity index (χ4n) is 5.73. The van der Waals surface area contributed by atoms with E-state index in [0.717, 1.165) is 32.7 Å². The lowest BCUT2D eigenvalue weighted by molar-refractivity contribution is -0.177. The van der Waals surface area contributed by atoms with Gasteiger partial charge in [0.25, 0.3) is 0 Å². The van der Waals surface area contributed by atoms with E-state index in [-0.39, 0.29) is 12.8 Å². The van der Waals surface area contributed by atoms with Crippen LogP contribution in [-0.4, -0.2) is 48.5 Å². The molecule has 4 unspecified atom stereocenters. The number of esters is 2. The Labute approximate surface area is 290 Å². The van der Waals surface area contributed by atoms with Crippen LogP contribution >= 0.6 is 0 Å². The van der Waals surface area contributed by atoms with E-state index in [2.05, 4.69) is 20.6 Å². The van der Waals surface area contributed by atoms with Crippen LogP contribution in [0.2, 0.25) is 0 Å². The van der Waals surface area contributed by atoms with Crippen molar-refractivity contribution in [3.05, 3.63) is 145 Å². The highest BCUT2D eigenvalue weighted by Gasteiger charge is 2.30. The largest absolute Gasteiger partial charge is 0.485 e. The fraction of sp³-hybridized carbons (Fsp3) is 0.200. The summed E-state index contributed by atoms with van der Waals surface area (Å²) in [6, 6.07) is 34.9. The highest BCUT2D eigenvalue weighted by molar-refractivity contribution is 6.29. The fourth-order valence-corrected chi connectivity index (χ4v) is 5.73. The minimum atomic E-state index is -1.15. The van der Waals surface area contributed by atoms with Gasteiger partial charge < -0.3 is 18.9 Å². The molecule has 4 atom stereocenters. The molecule has 0 spiro atoms. The van der Waals surface area contributed by atoms with Crippen molar-refractivity contribution in [1.82, 2.24) is 20.6 Å². The van der Waals surface area contributed by atoms with Crippen molar-refractivity contribution in [2.24, 2.45) is 0 Å². The summed E-state index contributed by atoms with van der Waals surface area (Å²) in [5, 5.41) is 9.90. The lowest BCUT2D eigenvalue weighted by Gasteiger charge is -2.26. The first-order chi connectivity index (χ1) is 24.5. The minimum Gasteiger partial charge on any atom is -0.485 e. The van der Waals surface area contributed by atoms with Gasteiger partial charge in [-0.2, -0.15) is 0 Å². The van der Waals surface area contributed by atoms with E-state index in [4.69, 9.17) is 18.9 Å². The molecule has 2 N–H and O–H groups in total. The third-order valence-electron chi connectivity index (χ3n) is 8.32. The predicted molar refractivity (Wildman–Crippen MR) is 190 cm³/mol.